The molecule has 2 N–H and O–H groups in total. The topological polar surface area (TPSA) is 40.5 Å². The second-order valence-corrected chi connectivity index (χ2v) is 4.49. The first kappa shape index (κ1) is 8.56. The second kappa shape index (κ2) is 2.87. The van der Waals surface area contributed by atoms with Gasteiger partial charge in [0.25, 0.3) is 0 Å². The van der Waals surface area contributed by atoms with E-state index in [4.69, 9.17) is 0 Å². The van der Waals surface area contributed by atoms with Gasteiger partial charge in [0.15, 0.2) is 0 Å². The molecule has 0 atom stereocenters. The van der Waals surface area contributed by atoms with Gasteiger partial charge < -0.3 is 10.2 Å². The minimum atomic E-state index is 0.258. The minimum absolute atomic E-state index is 0.258. The van der Waals surface area contributed by atoms with Gasteiger partial charge in [-0.25, -0.2) is 0 Å². The number of hydrogen-bond acceptors (Lipinski definition) is 3. The van der Waals surface area contributed by atoms with E-state index in [1.807, 2.05) is 18.2 Å². The van der Waals surface area contributed by atoms with E-state index in [2.05, 4.69) is 0 Å². The fourth-order valence-electron chi connectivity index (χ4n) is 1.77. The van der Waals surface area contributed by atoms with Crippen LogP contribution in [0.15, 0.2) is 36.4 Å². The molecule has 0 aliphatic rings. The quantitative estimate of drug-likeness (QED) is 0.604. The standard InChI is InChI=1S/C12H8O2S/c13-7-4-5-8-9-2-1-3-10(14)12(9)15-11(8)6-7/h1-6,13-14H. The number of thiophene rings is 1. The summed E-state index contributed by atoms with van der Waals surface area (Å²) in [4.78, 5) is 0. The monoisotopic (exact) mass is 216 g/mol. The third-order valence-electron chi connectivity index (χ3n) is 2.46. The molecule has 0 bridgehead atoms. The molecule has 3 aromatic rings. The molecule has 15 heavy (non-hydrogen) atoms. The molecule has 0 fully saturated rings. The van der Waals surface area contributed by atoms with Crippen LogP contribution in [0.1, 0.15) is 0 Å². The average Bonchev–Trinajstić information content (AvgIpc) is 2.57. The fourth-order valence-corrected chi connectivity index (χ4v) is 2.92. The van der Waals surface area contributed by atoms with Gasteiger partial charge in [0.2, 0.25) is 0 Å². The van der Waals surface area contributed by atoms with Crippen LogP contribution in [0.25, 0.3) is 20.2 Å². The van der Waals surface area contributed by atoms with E-state index in [0.29, 0.717) is 5.75 Å². The first-order chi connectivity index (χ1) is 7.25. The van der Waals surface area contributed by atoms with E-state index in [-0.39, 0.29) is 5.75 Å². The number of hydrogen-bond donors (Lipinski definition) is 2. The number of rotatable bonds is 0. The van der Waals surface area contributed by atoms with E-state index in [9.17, 15) is 10.2 Å². The molecule has 1 heterocycles. The number of benzene rings is 2. The summed E-state index contributed by atoms with van der Waals surface area (Å²) in [6.07, 6.45) is 0. The molecule has 0 radical (unpaired) electrons. The highest BCUT2D eigenvalue weighted by atomic mass is 32.1. The molecule has 0 spiro atoms. The average molecular weight is 216 g/mol. The number of aromatic hydroxyl groups is 2. The lowest BCUT2D eigenvalue weighted by atomic mass is 10.1. The maximum Gasteiger partial charge on any atom is 0.133 e. The molecule has 0 saturated heterocycles. The van der Waals surface area contributed by atoms with Crippen LogP contribution in [0.5, 0.6) is 11.5 Å². The zero-order valence-electron chi connectivity index (χ0n) is 7.77. The van der Waals surface area contributed by atoms with E-state index in [0.717, 1.165) is 20.2 Å². The Morgan fingerprint density at radius 3 is 2.67 bits per heavy atom. The number of phenols is 2. The Hall–Kier alpha value is -1.74. The Morgan fingerprint density at radius 1 is 0.933 bits per heavy atom. The largest absolute Gasteiger partial charge is 0.508 e. The summed E-state index contributed by atoms with van der Waals surface area (Å²) in [6.45, 7) is 0. The Labute approximate surface area is 90.0 Å². The van der Waals surface area contributed by atoms with Crippen molar-refractivity contribution in [2.45, 2.75) is 0 Å². The number of fused-ring (bicyclic) bond motifs is 3. The second-order valence-electron chi connectivity index (χ2n) is 3.44. The molecule has 74 valence electrons. The van der Waals surface area contributed by atoms with Gasteiger partial charge in [0.05, 0.1) is 4.70 Å². The maximum absolute atomic E-state index is 9.69. The minimum Gasteiger partial charge on any atom is -0.508 e. The highest BCUT2D eigenvalue weighted by Crippen LogP contribution is 2.39. The lowest BCUT2D eigenvalue weighted by Gasteiger charge is -1.93. The predicted octanol–water partition coefficient (Wildman–Crippen LogP) is 3.47. The summed E-state index contributed by atoms with van der Waals surface area (Å²) in [5, 5.41) is 21.2. The van der Waals surface area contributed by atoms with Gasteiger partial charge in [0, 0.05) is 15.5 Å². The summed E-state index contributed by atoms with van der Waals surface area (Å²) in [6, 6.07) is 10.8. The Balaban J connectivity index is 2.57. The van der Waals surface area contributed by atoms with Gasteiger partial charge in [0.1, 0.15) is 11.5 Å². The van der Waals surface area contributed by atoms with Gasteiger partial charge in [-0.3, -0.25) is 0 Å². The molecular formula is C12H8O2S. The van der Waals surface area contributed by atoms with Crippen LogP contribution in [-0.4, -0.2) is 10.2 Å². The van der Waals surface area contributed by atoms with Crippen molar-refractivity contribution in [1.29, 1.82) is 0 Å². The van der Waals surface area contributed by atoms with Crippen LogP contribution in [0.3, 0.4) is 0 Å². The molecule has 3 rings (SSSR count). The summed E-state index contributed by atoms with van der Waals surface area (Å²) in [5.41, 5.74) is 0. The Kier molecular flexibility index (Phi) is 1.64. The van der Waals surface area contributed by atoms with Crippen LogP contribution in [0.2, 0.25) is 0 Å². The smallest absolute Gasteiger partial charge is 0.133 e. The molecule has 3 heteroatoms. The summed E-state index contributed by atoms with van der Waals surface area (Å²) < 4.78 is 1.87. The van der Waals surface area contributed by atoms with E-state index >= 15 is 0 Å². The van der Waals surface area contributed by atoms with Crippen molar-refractivity contribution in [2.75, 3.05) is 0 Å². The van der Waals surface area contributed by atoms with Gasteiger partial charge in [-0.2, -0.15) is 0 Å². The molecule has 0 saturated carbocycles. The van der Waals surface area contributed by atoms with Crippen LogP contribution >= 0.6 is 11.3 Å². The molecule has 2 aromatic carbocycles. The third kappa shape index (κ3) is 1.17. The van der Waals surface area contributed by atoms with E-state index < -0.39 is 0 Å². The molecule has 0 aliphatic heterocycles. The van der Waals surface area contributed by atoms with Crippen molar-refractivity contribution >= 4 is 31.5 Å². The number of phenolic OH excluding ortho intramolecular Hbond substituents is 2. The fraction of sp³-hybridized carbons (Fsp3) is 0. The van der Waals surface area contributed by atoms with Crippen molar-refractivity contribution < 1.29 is 10.2 Å². The van der Waals surface area contributed by atoms with Gasteiger partial charge in [-0.05, 0) is 24.3 Å². The van der Waals surface area contributed by atoms with Gasteiger partial charge in [-0.15, -0.1) is 11.3 Å². The van der Waals surface area contributed by atoms with Gasteiger partial charge in [-0.1, -0.05) is 12.1 Å². The summed E-state index contributed by atoms with van der Waals surface area (Å²) in [5.74, 6) is 0.557. The summed E-state index contributed by atoms with van der Waals surface area (Å²) in [7, 11) is 0. The van der Waals surface area contributed by atoms with Crippen molar-refractivity contribution in [3.63, 3.8) is 0 Å². The zero-order chi connectivity index (χ0) is 10.4. The highest BCUT2D eigenvalue weighted by Gasteiger charge is 2.07. The van der Waals surface area contributed by atoms with E-state index in [1.165, 1.54) is 11.3 Å². The maximum atomic E-state index is 9.69. The van der Waals surface area contributed by atoms with Crippen LogP contribution < -0.4 is 0 Å². The molecule has 2 nitrogen and oxygen atoms in total. The molecule has 0 aliphatic carbocycles. The highest BCUT2D eigenvalue weighted by molar-refractivity contribution is 7.26. The van der Waals surface area contributed by atoms with Crippen molar-refractivity contribution in [2.24, 2.45) is 0 Å². The molecule has 0 unspecified atom stereocenters. The lowest BCUT2D eigenvalue weighted by Crippen LogP contribution is -1.67. The third-order valence-corrected chi connectivity index (χ3v) is 3.65. The van der Waals surface area contributed by atoms with E-state index in [1.54, 1.807) is 18.2 Å². The zero-order valence-corrected chi connectivity index (χ0v) is 8.58. The van der Waals surface area contributed by atoms with Crippen LogP contribution in [-0.2, 0) is 0 Å². The molecule has 0 amide bonds. The van der Waals surface area contributed by atoms with Crippen LogP contribution in [0, 0.1) is 0 Å². The first-order valence-electron chi connectivity index (χ1n) is 4.59. The Bertz CT molecular complexity index is 655. The lowest BCUT2D eigenvalue weighted by molar-refractivity contribution is 0.476. The summed E-state index contributed by atoms with van der Waals surface area (Å²) >= 11 is 1.49. The molecular weight excluding hydrogens is 208 g/mol. The van der Waals surface area contributed by atoms with Crippen molar-refractivity contribution in [3.05, 3.63) is 36.4 Å². The normalized spacial score (nSPS) is 11.2. The van der Waals surface area contributed by atoms with Gasteiger partial charge >= 0.3 is 0 Å². The van der Waals surface area contributed by atoms with Crippen molar-refractivity contribution in [3.8, 4) is 11.5 Å². The first-order valence-corrected chi connectivity index (χ1v) is 5.40. The predicted molar refractivity (Wildman–Crippen MR) is 62.7 cm³/mol. The van der Waals surface area contributed by atoms with Crippen LogP contribution in [0.4, 0.5) is 0 Å². The molecule has 1 aromatic heterocycles. The Morgan fingerprint density at radius 2 is 1.80 bits per heavy atom. The van der Waals surface area contributed by atoms with Crippen molar-refractivity contribution in [1.82, 2.24) is 0 Å². The SMILES string of the molecule is Oc1ccc2c(c1)sc1c(O)cccc12.